The van der Waals surface area contributed by atoms with Crippen LogP contribution in [0.1, 0.15) is 44.0 Å². The Morgan fingerprint density at radius 1 is 1.16 bits per heavy atom. The first-order valence-electron chi connectivity index (χ1n) is 12.8. The summed E-state index contributed by atoms with van der Waals surface area (Å²) in [6, 6.07) is 17.5. The minimum Gasteiger partial charge on any atom is -0.465 e. The number of likely N-dealkylation sites (tertiary alicyclic amines) is 1. The van der Waals surface area contributed by atoms with Gasteiger partial charge in [-0.2, -0.15) is 5.26 Å². The van der Waals surface area contributed by atoms with Crippen molar-refractivity contribution in [2.24, 2.45) is 7.05 Å². The number of amides is 2. The molecule has 1 aliphatic heterocycles. The number of carbonyl (C=O) groups excluding carboxylic acids is 1. The molecule has 196 valence electrons. The van der Waals surface area contributed by atoms with Crippen molar-refractivity contribution in [3.63, 3.8) is 0 Å². The van der Waals surface area contributed by atoms with Gasteiger partial charge in [-0.15, -0.1) is 0 Å². The van der Waals surface area contributed by atoms with Crippen molar-refractivity contribution >= 4 is 33.9 Å². The van der Waals surface area contributed by atoms with Crippen molar-refractivity contribution < 1.29 is 14.7 Å². The van der Waals surface area contributed by atoms with Gasteiger partial charge in [0.1, 0.15) is 6.54 Å². The van der Waals surface area contributed by atoms with E-state index in [-0.39, 0.29) is 18.5 Å². The lowest BCUT2D eigenvalue weighted by Crippen LogP contribution is -2.57. The van der Waals surface area contributed by atoms with Gasteiger partial charge in [0.2, 0.25) is 0 Å². The fourth-order valence-electron chi connectivity index (χ4n) is 5.72. The second-order valence-electron chi connectivity index (χ2n) is 10.9. The number of piperidine rings is 1. The summed E-state index contributed by atoms with van der Waals surface area (Å²) in [5.41, 5.74) is 3.36. The van der Waals surface area contributed by atoms with Crippen LogP contribution in [0.15, 0.2) is 48.5 Å². The van der Waals surface area contributed by atoms with Gasteiger partial charge in [0, 0.05) is 42.1 Å². The molecule has 0 saturated carbocycles. The highest BCUT2D eigenvalue weighted by molar-refractivity contribution is 5.98. The summed E-state index contributed by atoms with van der Waals surface area (Å²) in [6.07, 6.45) is 0.510. The van der Waals surface area contributed by atoms with Gasteiger partial charge >= 0.3 is 6.09 Å². The summed E-state index contributed by atoms with van der Waals surface area (Å²) in [6.45, 7) is 6.79. The van der Waals surface area contributed by atoms with Gasteiger partial charge in [0.15, 0.2) is 5.82 Å². The summed E-state index contributed by atoms with van der Waals surface area (Å²) in [5, 5.41) is 20.3. The fourth-order valence-corrected chi connectivity index (χ4v) is 5.72. The Hall–Kier alpha value is -4.32. The van der Waals surface area contributed by atoms with Gasteiger partial charge in [-0.05, 0) is 63.9 Å². The number of imidazole rings is 1. The third-order valence-electron chi connectivity index (χ3n) is 7.37. The molecule has 4 aromatic rings. The Morgan fingerprint density at radius 3 is 2.63 bits per heavy atom. The first-order chi connectivity index (χ1) is 18.1. The van der Waals surface area contributed by atoms with Crippen molar-refractivity contribution in [2.45, 2.75) is 51.7 Å². The number of aromatic nitrogens is 3. The highest BCUT2D eigenvalue weighted by Crippen LogP contribution is 2.31. The van der Waals surface area contributed by atoms with Gasteiger partial charge < -0.3 is 19.1 Å². The van der Waals surface area contributed by atoms with Crippen LogP contribution in [-0.4, -0.2) is 65.7 Å². The molecule has 2 aromatic heterocycles. The molecule has 1 aliphatic rings. The molecule has 9 nitrogen and oxygen atoms in total. The second kappa shape index (κ2) is 9.53. The smallest absolute Gasteiger partial charge is 0.408 e. The first-order valence-corrected chi connectivity index (χ1v) is 12.8. The van der Waals surface area contributed by atoms with E-state index in [1.165, 1.54) is 4.90 Å². The summed E-state index contributed by atoms with van der Waals surface area (Å²) >= 11 is 0. The van der Waals surface area contributed by atoms with Gasteiger partial charge in [0.05, 0.1) is 28.8 Å². The Bertz CT molecular complexity index is 1590. The van der Waals surface area contributed by atoms with Crippen molar-refractivity contribution in [1.82, 2.24) is 23.9 Å². The van der Waals surface area contributed by atoms with Crippen LogP contribution in [0.25, 0.3) is 33.5 Å². The molecule has 5 rings (SSSR count). The zero-order chi connectivity index (χ0) is 27.2. The SMILES string of the molecule is Cn1c(-c2cc3ccccc3n2CC#N)nc2cc(C(=O)N3CCC[C@@H](N(C(=O)O)C(C)(C)C)C3)ccc21. The maximum Gasteiger partial charge on any atom is 0.408 e. The predicted molar refractivity (Wildman–Crippen MR) is 146 cm³/mol. The van der Waals surface area contributed by atoms with Crippen molar-refractivity contribution in [2.75, 3.05) is 13.1 Å². The monoisotopic (exact) mass is 512 g/mol. The quantitative estimate of drug-likeness (QED) is 0.409. The minimum atomic E-state index is -0.965. The van der Waals surface area contributed by atoms with E-state index in [0.29, 0.717) is 24.2 Å². The van der Waals surface area contributed by atoms with Crippen LogP contribution in [0, 0.1) is 11.3 Å². The lowest BCUT2D eigenvalue weighted by atomic mass is 9.97. The zero-order valence-electron chi connectivity index (χ0n) is 22.2. The standard InChI is InChI=1S/C29H32N6O3/c1-29(2,3)35(28(37)38)21-9-7-14-33(18-21)27(36)20-11-12-24-22(16-20)31-26(32(24)4)25-17-19-8-5-6-10-23(19)34(25)15-13-30/h5-6,8,10-12,16-17,21H,7,9,14-15,18H2,1-4H3,(H,37,38)/t21-/m1/s1. The number of carboxylic acid groups (broad SMARTS) is 1. The number of hydrogen-bond acceptors (Lipinski definition) is 4. The maximum absolute atomic E-state index is 13.5. The number of para-hydroxylation sites is 1. The van der Waals surface area contributed by atoms with Gasteiger partial charge in [-0.3, -0.25) is 9.69 Å². The topological polar surface area (TPSA) is 107 Å². The molecule has 0 radical (unpaired) electrons. The minimum absolute atomic E-state index is 0.123. The van der Waals surface area contributed by atoms with Gasteiger partial charge in [-0.1, -0.05) is 18.2 Å². The number of nitriles is 1. The molecular formula is C29H32N6O3. The van der Waals surface area contributed by atoms with Crippen LogP contribution < -0.4 is 0 Å². The van der Waals surface area contributed by atoms with Crippen molar-refractivity contribution in [1.29, 1.82) is 5.26 Å². The van der Waals surface area contributed by atoms with E-state index in [1.807, 2.05) is 79.4 Å². The number of fused-ring (bicyclic) bond motifs is 2. The lowest BCUT2D eigenvalue weighted by molar-refractivity contribution is 0.0315. The molecule has 1 saturated heterocycles. The number of benzene rings is 2. The fraction of sp³-hybridized carbons (Fsp3) is 0.379. The zero-order valence-corrected chi connectivity index (χ0v) is 22.2. The molecule has 2 amide bonds. The highest BCUT2D eigenvalue weighted by atomic mass is 16.4. The van der Waals surface area contributed by atoms with Gasteiger partial charge in [-0.25, -0.2) is 9.78 Å². The molecule has 0 unspecified atom stereocenters. The van der Waals surface area contributed by atoms with E-state index in [0.717, 1.165) is 40.8 Å². The van der Waals surface area contributed by atoms with Crippen molar-refractivity contribution in [3.8, 4) is 17.6 Å². The number of hydrogen-bond donors (Lipinski definition) is 1. The third kappa shape index (κ3) is 4.36. The molecule has 0 bridgehead atoms. The van der Waals surface area contributed by atoms with E-state index in [2.05, 4.69) is 6.07 Å². The first kappa shape index (κ1) is 25.3. The van der Waals surface area contributed by atoms with Crippen LogP contribution in [-0.2, 0) is 13.6 Å². The molecule has 38 heavy (non-hydrogen) atoms. The number of nitrogens with zero attached hydrogens (tertiary/aromatic N) is 6. The van der Waals surface area contributed by atoms with Crippen LogP contribution in [0.5, 0.6) is 0 Å². The molecule has 0 aliphatic carbocycles. The lowest BCUT2D eigenvalue weighted by Gasteiger charge is -2.44. The molecule has 0 spiro atoms. The molecule has 1 atom stereocenters. The average molecular weight is 513 g/mol. The Labute approximate surface area is 221 Å². The molecule has 2 aromatic carbocycles. The normalized spacial score (nSPS) is 16.1. The summed E-state index contributed by atoms with van der Waals surface area (Å²) < 4.78 is 3.94. The van der Waals surface area contributed by atoms with E-state index >= 15 is 0 Å². The second-order valence-corrected chi connectivity index (χ2v) is 10.9. The van der Waals surface area contributed by atoms with E-state index < -0.39 is 11.6 Å². The van der Waals surface area contributed by atoms with E-state index in [9.17, 15) is 20.0 Å². The number of carbonyl (C=O) groups is 2. The predicted octanol–water partition coefficient (Wildman–Crippen LogP) is 5.10. The summed E-state index contributed by atoms with van der Waals surface area (Å²) in [7, 11) is 1.93. The Balaban J connectivity index is 1.47. The van der Waals surface area contributed by atoms with E-state index in [1.54, 1.807) is 11.0 Å². The molecule has 3 heterocycles. The Morgan fingerprint density at radius 2 is 1.92 bits per heavy atom. The maximum atomic E-state index is 13.5. The average Bonchev–Trinajstić information content (AvgIpc) is 3.40. The largest absolute Gasteiger partial charge is 0.465 e. The number of aryl methyl sites for hydroxylation is 1. The molecule has 9 heteroatoms. The summed E-state index contributed by atoms with van der Waals surface area (Å²) in [5.74, 6) is 0.595. The highest BCUT2D eigenvalue weighted by Gasteiger charge is 2.37. The van der Waals surface area contributed by atoms with Crippen molar-refractivity contribution in [3.05, 3.63) is 54.1 Å². The summed E-state index contributed by atoms with van der Waals surface area (Å²) in [4.78, 5) is 33.7. The van der Waals surface area contributed by atoms with E-state index in [4.69, 9.17) is 4.98 Å². The molecule has 1 N–H and O–H groups in total. The van der Waals surface area contributed by atoms with Crippen LogP contribution in [0.3, 0.4) is 0 Å². The third-order valence-corrected chi connectivity index (χ3v) is 7.37. The van der Waals surface area contributed by atoms with Crippen LogP contribution in [0.2, 0.25) is 0 Å². The van der Waals surface area contributed by atoms with Gasteiger partial charge in [0.25, 0.3) is 5.91 Å². The molecule has 1 fully saturated rings. The molecular weight excluding hydrogens is 480 g/mol. The van der Waals surface area contributed by atoms with Crippen LogP contribution >= 0.6 is 0 Å². The number of rotatable bonds is 4. The Kier molecular flexibility index (Phi) is 6.35. The van der Waals surface area contributed by atoms with Crippen LogP contribution in [0.4, 0.5) is 4.79 Å².